The second-order valence-electron chi connectivity index (χ2n) is 8.76. The van der Waals surface area contributed by atoms with Gasteiger partial charge in [0.15, 0.2) is 0 Å². The molecular weight excluding hydrogens is 428 g/mol. The van der Waals surface area contributed by atoms with Gasteiger partial charge in [0, 0.05) is 27.6 Å². The molecule has 2 rings (SSSR count). The molecule has 0 spiro atoms. The molecule has 0 unspecified atom stereocenters. The van der Waals surface area contributed by atoms with Crippen molar-refractivity contribution < 1.29 is 29.0 Å². The summed E-state index contributed by atoms with van der Waals surface area (Å²) in [6, 6.07) is 8.08. The largest absolute Gasteiger partial charge is 0.511 e. The third-order valence-electron chi connectivity index (χ3n) is 4.81. The van der Waals surface area contributed by atoms with E-state index in [4.69, 9.17) is 9.47 Å². The lowest BCUT2D eigenvalue weighted by atomic mass is 10.0. The predicted molar refractivity (Wildman–Crippen MR) is 124 cm³/mol. The van der Waals surface area contributed by atoms with Crippen LogP contribution in [0.5, 0.6) is 5.75 Å². The van der Waals surface area contributed by atoms with Crippen molar-refractivity contribution in [3.63, 3.8) is 0 Å². The first kappa shape index (κ1) is 25.2. The number of rotatable bonds is 11. The second-order valence-corrected chi connectivity index (χ2v) is 14.4. The van der Waals surface area contributed by atoms with Crippen LogP contribution in [0, 0.1) is 0 Å². The van der Waals surface area contributed by atoms with Gasteiger partial charge in [0.1, 0.15) is 30.2 Å². The molecule has 0 aromatic heterocycles. The summed E-state index contributed by atoms with van der Waals surface area (Å²) in [5, 5.41) is 12.5. The predicted octanol–water partition coefficient (Wildman–Crippen LogP) is 2.79. The van der Waals surface area contributed by atoms with Crippen molar-refractivity contribution in [3.05, 3.63) is 53.8 Å². The Balaban J connectivity index is 1.91. The highest BCUT2D eigenvalue weighted by atomic mass is 28.3. The van der Waals surface area contributed by atoms with Gasteiger partial charge in [0.05, 0.1) is 6.61 Å². The highest BCUT2D eigenvalue weighted by Crippen LogP contribution is 2.21. The van der Waals surface area contributed by atoms with E-state index >= 15 is 0 Å². The lowest BCUT2D eigenvalue weighted by Gasteiger charge is -2.28. The van der Waals surface area contributed by atoms with Crippen LogP contribution in [0.25, 0.3) is 0 Å². The van der Waals surface area contributed by atoms with E-state index in [1.54, 1.807) is 18.2 Å². The monoisotopic (exact) mass is 460 g/mol. The van der Waals surface area contributed by atoms with Crippen LogP contribution >= 0.6 is 0 Å². The standard InChI is InChI=1S/C23H32N2O6Si/c1-5-12-30-18-8-6-17(7-9-18)16-25-11-10-19(26)21(23(25)29)22(28)24-15-20(27)31-13-14-32(2,3)4/h5-9,26H,1,10-16H2,2-4H3,(H,24,28). The van der Waals surface area contributed by atoms with E-state index in [9.17, 15) is 19.5 Å². The summed E-state index contributed by atoms with van der Waals surface area (Å²) in [7, 11) is -1.33. The SMILES string of the molecule is C=CCOc1ccc(CN2CCC(O)=C(C(=O)NCC(=O)OCC[Si](C)(C)C)C2=O)cc1. The smallest absolute Gasteiger partial charge is 0.325 e. The Kier molecular flexibility index (Phi) is 9.07. The maximum atomic E-state index is 12.8. The summed E-state index contributed by atoms with van der Waals surface area (Å²) in [4.78, 5) is 38.7. The molecule has 1 aromatic rings. The van der Waals surface area contributed by atoms with Crippen molar-refractivity contribution in [1.82, 2.24) is 10.2 Å². The molecule has 32 heavy (non-hydrogen) atoms. The van der Waals surface area contributed by atoms with Gasteiger partial charge in [-0.05, 0) is 23.7 Å². The van der Waals surface area contributed by atoms with Crippen LogP contribution in [0.3, 0.4) is 0 Å². The molecule has 1 aliphatic rings. The molecule has 174 valence electrons. The Morgan fingerprint density at radius 3 is 2.56 bits per heavy atom. The summed E-state index contributed by atoms with van der Waals surface area (Å²) in [5.74, 6) is -1.52. The van der Waals surface area contributed by atoms with Crippen LogP contribution in [-0.2, 0) is 25.7 Å². The van der Waals surface area contributed by atoms with Crippen molar-refractivity contribution in [1.29, 1.82) is 0 Å². The number of amides is 2. The van der Waals surface area contributed by atoms with E-state index in [0.717, 1.165) is 11.6 Å². The van der Waals surface area contributed by atoms with E-state index in [-0.39, 0.29) is 37.4 Å². The van der Waals surface area contributed by atoms with Crippen LogP contribution in [-0.4, -0.2) is 62.2 Å². The van der Waals surface area contributed by atoms with Crippen LogP contribution in [0.1, 0.15) is 12.0 Å². The van der Waals surface area contributed by atoms with Crippen LogP contribution in [0.4, 0.5) is 0 Å². The van der Waals surface area contributed by atoms with Crippen molar-refractivity contribution in [3.8, 4) is 5.75 Å². The molecule has 2 amide bonds. The zero-order valence-corrected chi connectivity index (χ0v) is 20.0. The number of nitrogens with zero attached hydrogens (tertiary/aromatic N) is 1. The van der Waals surface area contributed by atoms with Gasteiger partial charge in [-0.2, -0.15) is 0 Å². The average Bonchev–Trinajstić information content (AvgIpc) is 2.73. The summed E-state index contributed by atoms with van der Waals surface area (Å²) in [6.45, 7) is 11.0. The first-order chi connectivity index (χ1) is 15.1. The molecule has 1 aliphatic heterocycles. The summed E-state index contributed by atoms with van der Waals surface area (Å²) >= 11 is 0. The number of carbonyl (C=O) groups is 3. The fourth-order valence-electron chi connectivity index (χ4n) is 2.96. The van der Waals surface area contributed by atoms with Gasteiger partial charge in [-0.1, -0.05) is 44.4 Å². The Labute approximate surface area is 189 Å². The molecule has 0 fully saturated rings. The highest BCUT2D eigenvalue weighted by Gasteiger charge is 2.32. The molecule has 0 radical (unpaired) electrons. The normalized spacial score (nSPS) is 14.2. The molecule has 9 heteroatoms. The minimum absolute atomic E-state index is 0.162. The van der Waals surface area contributed by atoms with Gasteiger partial charge < -0.3 is 24.8 Å². The molecule has 8 nitrogen and oxygen atoms in total. The number of aliphatic hydroxyl groups excluding tert-OH is 1. The van der Waals surface area contributed by atoms with Crippen LogP contribution < -0.4 is 10.1 Å². The lowest BCUT2D eigenvalue weighted by Crippen LogP contribution is -2.43. The number of nitrogens with one attached hydrogen (secondary N) is 1. The van der Waals surface area contributed by atoms with Crippen molar-refractivity contribution in [2.24, 2.45) is 0 Å². The highest BCUT2D eigenvalue weighted by molar-refractivity contribution is 6.76. The number of hydrogen-bond donors (Lipinski definition) is 2. The fraction of sp³-hybridized carbons (Fsp3) is 0.435. The minimum atomic E-state index is -1.33. The van der Waals surface area contributed by atoms with E-state index in [2.05, 4.69) is 31.5 Å². The first-order valence-corrected chi connectivity index (χ1v) is 14.3. The van der Waals surface area contributed by atoms with Crippen molar-refractivity contribution in [2.45, 2.75) is 38.7 Å². The van der Waals surface area contributed by atoms with E-state index in [1.807, 2.05) is 12.1 Å². The second kappa shape index (κ2) is 11.5. The number of carbonyl (C=O) groups excluding carboxylic acids is 3. The molecule has 2 N–H and O–H groups in total. The van der Waals surface area contributed by atoms with Gasteiger partial charge in [-0.25, -0.2) is 0 Å². The lowest BCUT2D eigenvalue weighted by molar-refractivity contribution is -0.143. The molecular formula is C23H32N2O6Si. The zero-order chi connectivity index (χ0) is 23.7. The summed E-state index contributed by atoms with van der Waals surface area (Å²) in [5.41, 5.74) is 0.522. The third-order valence-corrected chi connectivity index (χ3v) is 6.51. The molecule has 0 bridgehead atoms. The van der Waals surface area contributed by atoms with E-state index in [0.29, 0.717) is 19.0 Å². The van der Waals surface area contributed by atoms with Gasteiger partial charge >= 0.3 is 5.97 Å². The Hall–Kier alpha value is -3.07. The molecule has 0 atom stereocenters. The topological polar surface area (TPSA) is 105 Å². The molecule has 1 heterocycles. The van der Waals surface area contributed by atoms with Gasteiger partial charge in [-0.15, -0.1) is 0 Å². The molecule has 1 aromatic carbocycles. The third kappa shape index (κ3) is 7.88. The Morgan fingerprint density at radius 2 is 1.94 bits per heavy atom. The van der Waals surface area contributed by atoms with Crippen molar-refractivity contribution >= 4 is 25.9 Å². The van der Waals surface area contributed by atoms with Crippen molar-refractivity contribution in [2.75, 3.05) is 26.3 Å². The van der Waals surface area contributed by atoms with E-state index < -0.39 is 25.9 Å². The fourth-order valence-corrected chi connectivity index (χ4v) is 3.67. The first-order valence-electron chi connectivity index (χ1n) is 10.6. The minimum Gasteiger partial charge on any atom is -0.511 e. The number of ether oxygens (including phenoxy) is 2. The average molecular weight is 461 g/mol. The summed E-state index contributed by atoms with van der Waals surface area (Å²) < 4.78 is 10.6. The maximum Gasteiger partial charge on any atom is 0.325 e. The Morgan fingerprint density at radius 1 is 1.25 bits per heavy atom. The van der Waals surface area contributed by atoms with Gasteiger partial charge in [-0.3, -0.25) is 14.4 Å². The number of hydrogen-bond acceptors (Lipinski definition) is 6. The molecule has 0 aliphatic carbocycles. The quantitative estimate of drug-likeness (QED) is 0.228. The maximum absolute atomic E-state index is 12.8. The van der Waals surface area contributed by atoms with Crippen LogP contribution in [0.15, 0.2) is 48.3 Å². The molecule has 0 saturated carbocycles. The summed E-state index contributed by atoms with van der Waals surface area (Å²) in [6.07, 6.45) is 1.81. The van der Waals surface area contributed by atoms with Gasteiger partial charge in [0.25, 0.3) is 11.8 Å². The number of benzene rings is 1. The van der Waals surface area contributed by atoms with Gasteiger partial charge in [0.2, 0.25) is 0 Å². The molecule has 0 saturated heterocycles. The number of aliphatic hydroxyl groups is 1. The van der Waals surface area contributed by atoms with Crippen LogP contribution in [0.2, 0.25) is 25.7 Å². The Bertz CT molecular complexity index is 873. The zero-order valence-electron chi connectivity index (χ0n) is 19.0. The number of esters is 1. The van der Waals surface area contributed by atoms with E-state index in [1.165, 1.54) is 4.90 Å².